The SMILES string of the molecule is O=C(C1Cc2ccccc21)N1CCC(c2nccn2Cc2ccccn2)CC1. The number of benzene rings is 1. The number of hydrogen-bond donors (Lipinski definition) is 0. The Morgan fingerprint density at radius 2 is 1.82 bits per heavy atom. The standard InChI is InChI=1S/C23H24N4O/c28-23(21-15-18-5-1-2-7-20(18)21)26-12-8-17(9-13-26)22-25-11-14-27(22)16-19-6-3-4-10-24-19/h1-7,10-11,14,17,21H,8-9,12-13,15-16H2. The highest BCUT2D eigenvalue weighted by Gasteiger charge is 2.36. The molecule has 1 aliphatic heterocycles. The molecule has 1 aliphatic carbocycles. The molecule has 1 atom stereocenters. The number of rotatable bonds is 4. The second-order valence-electron chi connectivity index (χ2n) is 7.79. The van der Waals surface area contributed by atoms with Crippen LogP contribution in [0.4, 0.5) is 0 Å². The Labute approximate surface area is 165 Å². The maximum absolute atomic E-state index is 12.9. The molecule has 1 amide bonds. The molecule has 0 saturated carbocycles. The van der Waals surface area contributed by atoms with Gasteiger partial charge in [-0.25, -0.2) is 4.98 Å². The third kappa shape index (κ3) is 3.11. The summed E-state index contributed by atoms with van der Waals surface area (Å²) in [6, 6.07) is 14.3. The zero-order valence-electron chi connectivity index (χ0n) is 15.9. The van der Waals surface area contributed by atoms with Crippen LogP contribution in [-0.4, -0.2) is 38.4 Å². The van der Waals surface area contributed by atoms with E-state index in [1.807, 2.05) is 42.9 Å². The maximum atomic E-state index is 12.9. The van der Waals surface area contributed by atoms with Crippen molar-refractivity contribution in [2.75, 3.05) is 13.1 Å². The second kappa shape index (κ2) is 7.23. The van der Waals surface area contributed by atoms with E-state index >= 15 is 0 Å². The van der Waals surface area contributed by atoms with E-state index in [0.29, 0.717) is 11.8 Å². The average Bonchev–Trinajstić information content (AvgIpc) is 3.18. The number of imidazole rings is 1. The van der Waals surface area contributed by atoms with E-state index in [1.54, 1.807) is 0 Å². The van der Waals surface area contributed by atoms with Gasteiger partial charge < -0.3 is 9.47 Å². The van der Waals surface area contributed by atoms with Crippen molar-refractivity contribution in [2.24, 2.45) is 0 Å². The van der Waals surface area contributed by atoms with Gasteiger partial charge in [0.05, 0.1) is 18.2 Å². The summed E-state index contributed by atoms with van der Waals surface area (Å²) >= 11 is 0. The molecule has 3 aromatic rings. The lowest BCUT2D eigenvalue weighted by Gasteiger charge is -2.37. The van der Waals surface area contributed by atoms with Crippen molar-refractivity contribution in [2.45, 2.75) is 37.6 Å². The van der Waals surface area contributed by atoms with E-state index in [2.05, 4.69) is 37.6 Å². The molecule has 1 fully saturated rings. The van der Waals surface area contributed by atoms with Crippen LogP contribution in [0.15, 0.2) is 61.1 Å². The normalized spacial score (nSPS) is 19.1. The zero-order chi connectivity index (χ0) is 18.9. The zero-order valence-corrected chi connectivity index (χ0v) is 15.9. The van der Waals surface area contributed by atoms with Gasteiger partial charge in [-0.2, -0.15) is 0 Å². The Balaban J connectivity index is 1.23. The average molecular weight is 372 g/mol. The molecule has 0 N–H and O–H groups in total. The number of amides is 1. The second-order valence-corrected chi connectivity index (χ2v) is 7.79. The number of pyridine rings is 1. The Kier molecular flexibility index (Phi) is 4.43. The number of carbonyl (C=O) groups is 1. The van der Waals surface area contributed by atoms with E-state index < -0.39 is 0 Å². The fourth-order valence-electron chi connectivity index (χ4n) is 4.54. The Morgan fingerprint density at radius 1 is 1.00 bits per heavy atom. The first kappa shape index (κ1) is 17.2. The van der Waals surface area contributed by atoms with Crippen LogP contribution < -0.4 is 0 Å². The number of fused-ring (bicyclic) bond motifs is 1. The largest absolute Gasteiger partial charge is 0.342 e. The van der Waals surface area contributed by atoms with Gasteiger partial charge in [-0.3, -0.25) is 9.78 Å². The first-order valence-electron chi connectivity index (χ1n) is 10.1. The molecular weight excluding hydrogens is 348 g/mol. The van der Waals surface area contributed by atoms with Crippen LogP contribution in [0, 0.1) is 0 Å². The third-order valence-corrected chi connectivity index (χ3v) is 6.13. The van der Waals surface area contributed by atoms with Crippen LogP contribution in [0.2, 0.25) is 0 Å². The monoisotopic (exact) mass is 372 g/mol. The topological polar surface area (TPSA) is 51.0 Å². The summed E-state index contributed by atoms with van der Waals surface area (Å²) in [6.07, 6.45) is 8.57. The quantitative estimate of drug-likeness (QED) is 0.706. The van der Waals surface area contributed by atoms with Crippen molar-refractivity contribution >= 4 is 5.91 Å². The van der Waals surface area contributed by atoms with Gasteiger partial charge in [0.2, 0.25) is 5.91 Å². The van der Waals surface area contributed by atoms with Crippen LogP contribution in [0.5, 0.6) is 0 Å². The van der Waals surface area contributed by atoms with Crippen molar-refractivity contribution in [3.63, 3.8) is 0 Å². The summed E-state index contributed by atoms with van der Waals surface area (Å²) in [5, 5.41) is 0. The predicted octanol–water partition coefficient (Wildman–Crippen LogP) is 3.37. The molecule has 0 radical (unpaired) electrons. The molecule has 5 rings (SSSR count). The van der Waals surface area contributed by atoms with Crippen LogP contribution >= 0.6 is 0 Å². The van der Waals surface area contributed by atoms with Gasteiger partial charge in [0.15, 0.2) is 0 Å². The third-order valence-electron chi connectivity index (χ3n) is 6.13. The molecule has 1 unspecified atom stereocenters. The summed E-state index contributed by atoms with van der Waals surface area (Å²) in [6.45, 7) is 2.38. The number of hydrogen-bond acceptors (Lipinski definition) is 3. The minimum atomic E-state index is 0.0684. The molecule has 5 nitrogen and oxygen atoms in total. The first-order valence-corrected chi connectivity index (χ1v) is 10.1. The summed E-state index contributed by atoms with van der Waals surface area (Å²) in [7, 11) is 0. The van der Waals surface area contributed by atoms with E-state index in [1.165, 1.54) is 11.1 Å². The van der Waals surface area contributed by atoms with E-state index in [-0.39, 0.29) is 5.92 Å². The predicted molar refractivity (Wildman–Crippen MR) is 107 cm³/mol. The van der Waals surface area contributed by atoms with Gasteiger partial charge >= 0.3 is 0 Å². The molecular formula is C23H24N4O. The molecule has 3 heterocycles. The summed E-state index contributed by atoms with van der Waals surface area (Å²) < 4.78 is 2.20. The molecule has 5 heteroatoms. The van der Waals surface area contributed by atoms with Crippen molar-refractivity contribution < 1.29 is 4.79 Å². The van der Waals surface area contributed by atoms with Crippen LogP contribution in [0.3, 0.4) is 0 Å². The van der Waals surface area contributed by atoms with Crippen molar-refractivity contribution in [1.82, 2.24) is 19.4 Å². The molecule has 1 aromatic carbocycles. The Bertz CT molecular complexity index is 973. The van der Waals surface area contributed by atoms with Crippen LogP contribution in [0.1, 0.15) is 47.3 Å². The van der Waals surface area contributed by atoms with E-state index in [9.17, 15) is 4.79 Å². The Hall–Kier alpha value is -2.95. The van der Waals surface area contributed by atoms with E-state index in [4.69, 9.17) is 0 Å². The number of nitrogens with zero attached hydrogens (tertiary/aromatic N) is 4. The lowest BCUT2D eigenvalue weighted by Crippen LogP contribution is -2.43. The summed E-state index contributed by atoms with van der Waals surface area (Å²) in [5.41, 5.74) is 3.59. The van der Waals surface area contributed by atoms with Gasteiger partial charge in [0, 0.05) is 37.6 Å². The van der Waals surface area contributed by atoms with Crippen molar-refractivity contribution in [3.05, 3.63) is 83.7 Å². The first-order chi connectivity index (χ1) is 13.8. The van der Waals surface area contributed by atoms with Gasteiger partial charge in [0.1, 0.15) is 5.82 Å². The van der Waals surface area contributed by atoms with Gasteiger partial charge in [-0.05, 0) is 42.5 Å². The molecule has 1 saturated heterocycles. The highest BCUT2D eigenvalue weighted by Crippen LogP contribution is 2.37. The van der Waals surface area contributed by atoms with Crippen LogP contribution in [0.25, 0.3) is 0 Å². The fourth-order valence-corrected chi connectivity index (χ4v) is 4.54. The minimum Gasteiger partial charge on any atom is -0.342 e. The van der Waals surface area contributed by atoms with Crippen molar-refractivity contribution in [3.8, 4) is 0 Å². The molecule has 28 heavy (non-hydrogen) atoms. The van der Waals surface area contributed by atoms with E-state index in [0.717, 1.165) is 50.4 Å². The number of aromatic nitrogens is 3. The highest BCUT2D eigenvalue weighted by molar-refractivity contribution is 5.87. The van der Waals surface area contributed by atoms with Crippen LogP contribution in [-0.2, 0) is 17.8 Å². The summed E-state index contributed by atoms with van der Waals surface area (Å²) in [4.78, 5) is 24.1. The lowest BCUT2D eigenvalue weighted by molar-refractivity contribution is -0.134. The Morgan fingerprint density at radius 3 is 2.61 bits per heavy atom. The minimum absolute atomic E-state index is 0.0684. The molecule has 142 valence electrons. The number of carbonyl (C=O) groups excluding carboxylic acids is 1. The number of likely N-dealkylation sites (tertiary alicyclic amines) is 1. The van der Waals surface area contributed by atoms with Gasteiger partial charge in [0.25, 0.3) is 0 Å². The lowest BCUT2D eigenvalue weighted by atomic mass is 9.76. The smallest absolute Gasteiger partial charge is 0.230 e. The molecule has 0 bridgehead atoms. The van der Waals surface area contributed by atoms with Gasteiger partial charge in [-0.1, -0.05) is 30.3 Å². The molecule has 2 aromatic heterocycles. The fraction of sp³-hybridized carbons (Fsp3) is 0.348. The molecule has 0 spiro atoms. The van der Waals surface area contributed by atoms with Crippen molar-refractivity contribution in [1.29, 1.82) is 0 Å². The highest BCUT2D eigenvalue weighted by atomic mass is 16.2. The van der Waals surface area contributed by atoms with Gasteiger partial charge in [-0.15, -0.1) is 0 Å². The maximum Gasteiger partial charge on any atom is 0.230 e. The molecule has 2 aliphatic rings. The summed E-state index contributed by atoms with van der Waals surface area (Å²) in [5.74, 6) is 1.89. The number of piperidine rings is 1.